The summed E-state index contributed by atoms with van der Waals surface area (Å²) in [6.45, 7) is 0. The number of rotatable bonds is 4. The molecule has 6 aromatic rings. The number of imidazole rings is 1. The zero-order chi connectivity index (χ0) is 38.7. The standard InChI is InChI=1S/C28H21N11S.2C2HF3O2/c1-2-10-18-17(9-1)31-23(32-18)34-24-36-27(21-13-5-7-15-29-21)28(37-24,22-14-6-8-16-30-22)39-25(38-27)35-26-33-19-11-3-4-12-20(19)40-26;2*3-2(4,5)1(6)7/h1-16H,(H2,33,35,38,39)(H3,31,32,34,36,37);2*(H,6,7). The number of aromatic nitrogens is 5. The number of carboxylic acids is 2. The second kappa shape index (κ2) is 14.3. The lowest BCUT2D eigenvalue weighted by Crippen LogP contribution is -2.61. The fourth-order valence-electron chi connectivity index (χ4n) is 5.23. The largest absolute Gasteiger partial charge is 0.490 e. The van der Waals surface area contributed by atoms with Crippen molar-refractivity contribution < 1.29 is 46.1 Å². The molecule has 2 aromatic carbocycles. The molecule has 2 aliphatic heterocycles. The van der Waals surface area contributed by atoms with Gasteiger partial charge in [-0.25, -0.2) is 19.6 Å². The van der Waals surface area contributed by atoms with E-state index in [1.807, 2.05) is 84.9 Å². The molecule has 0 spiro atoms. The van der Waals surface area contributed by atoms with Gasteiger partial charge in [0.05, 0.1) is 32.6 Å². The number of aromatic amines is 1. The first kappa shape index (κ1) is 36.9. The van der Waals surface area contributed by atoms with Crippen LogP contribution in [0.3, 0.4) is 0 Å². The molecule has 0 radical (unpaired) electrons. The Morgan fingerprint density at radius 2 is 1.09 bits per heavy atom. The molecule has 22 heteroatoms. The van der Waals surface area contributed by atoms with E-state index in [4.69, 9.17) is 44.7 Å². The van der Waals surface area contributed by atoms with Crippen LogP contribution < -0.4 is 21.3 Å². The number of thiazole rings is 1. The van der Waals surface area contributed by atoms with E-state index in [2.05, 4.69) is 31.2 Å². The van der Waals surface area contributed by atoms with E-state index in [0.29, 0.717) is 34.4 Å². The predicted molar refractivity (Wildman–Crippen MR) is 182 cm³/mol. The first-order chi connectivity index (χ1) is 25.6. The second-order valence-electron chi connectivity index (χ2n) is 11.0. The van der Waals surface area contributed by atoms with Gasteiger partial charge in [0.15, 0.2) is 0 Å². The van der Waals surface area contributed by atoms with Crippen molar-refractivity contribution >= 4 is 67.5 Å². The highest BCUT2D eigenvalue weighted by Crippen LogP contribution is 2.42. The number of nitrogens with zero attached hydrogens (tertiary/aromatic N) is 6. The van der Waals surface area contributed by atoms with E-state index >= 15 is 0 Å². The van der Waals surface area contributed by atoms with Crippen LogP contribution in [0.5, 0.6) is 0 Å². The van der Waals surface area contributed by atoms with Crippen LogP contribution in [-0.2, 0) is 20.9 Å². The van der Waals surface area contributed by atoms with Gasteiger partial charge in [-0.3, -0.25) is 9.97 Å². The number of nitrogens with one attached hydrogen (secondary N) is 5. The number of guanidine groups is 2. The number of benzene rings is 2. The number of aliphatic carboxylic acids is 2. The summed E-state index contributed by atoms with van der Waals surface area (Å²) in [5.74, 6) is -4.06. The van der Waals surface area contributed by atoms with E-state index in [1.165, 1.54) is 11.3 Å². The number of para-hydroxylation sites is 3. The van der Waals surface area contributed by atoms with Crippen LogP contribution in [0.4, 0.5) is 37.4 Å². The van der Waals surface area contributed by atoms with E-state index in [0.717, 1.165) is 21.3 Å². The highest BCUT2D eigenvalue weighted by Gasteiger charge is 2.67. The fraction of sp³-hybridized carbons (Fsp3) is 0.125. The number of hydrogen-bond acceptors (Lipinski definition) is 9. The molecular formula is C32H23F6N11O4S. The average Bonchev–Trinajstić information content (AvgIpc) is 3.88. The van der Waals surface area contributed by atoms with Gasteiger partial charge in [0.2, 0.25) is 34.3 Å². The molecule has 2 saturated heterocycles. The minimum absolute atomic E-state index is 0.465. The van der Waals surface area contributed by atoms with Gasteiger partial charge in [0.25, 0.3) is 0 Å². The fourth-order valence-corrected chi connectivity index (χ4v) is 6.08. The third-order valence-electron chi connectivity index (χ3n) is 7.45. The summed E-state index contributed by atoms with van der Waals surface area (Å²) in [6, 6.07) is 27.4. The first-order valence-corrected chi connectivity index (χ1v) is 15.9. The van der Waals surface area contributed by atoms with Crippen LogP contribution in [0.25, 0.3) is 21.3 Å². The number of carbonyl (C=O) groups is 2. The monoisotopic (exact) mass is 771 g/mol. The maximum absolute atomic E-state index is 10.6. The smallest absolute Gasteiger partial charge is 0.475 e. The van der Waals surface area contributed by atoms with Gasteiger partial charge in [-0.15, -0.1) is 0 Å². The summed E-state index contributed by atoms with van der Waals surface area (Å²) >= 11 is 1.52. The number of carboxylic acid groups (broad SMARTS) is 2. The molecule has 0 amide bonds. The van der Waals surface area contributed by atoms with Gasteiger partial charge < -0.3 is 36.5 Å². The molecule has 0 bridgehead atoms. The van der Waals surface area contributed by atoms with Gasteiger partial charge >= 0.3 is 24.3 Å². The molecule has 15 nitrogen and oxygen atoms in total. The molecule has 278 valence electrons. The summed E-state index contributed by atoms with van der Waals surface area (Å²) in [7, 11) is 0. The molecule has 2 aliphatic rings. The van der Waals surface area contributed by atoms with E-state index in [-0.39, 0.29) is 0 Å². The van der Waals surface area contributed by atoms with Gasteiger partial charge in [-0.2, -0.15) is 36.3 Å². The van der Waals surface area contributed by atoms with Crippen LogP contribution >= 0.6 is 11.3 Å². The van der Waals surface area contributed by atoms with Crippen molar-refractivity contribution in [3.8, 4) is 0 Å². The number of fused-ring (bicyclic) bond motifs is 3. The molecule has 0 aliphatic carbocycles. The summed E-state index contributed by atoms with van der Waals surface area (Å²) in [4.78, 5) is 49.5. The van der Waals surface area contributed by atoms with Gasteiger partial charge in [0, 0.05) is 12.4 Å². The number of pyridine rings is 2. The Morgan fingerprint density at radius 3 is 1.56 bits per heavy atom. The van der Waals surface area contributed by atoms with Crippen molar-refractivity contribution in [2.45, 2.75) is 23.7 Å². The topological polar surface area (TPSA) is 215 Å². The molecule has 2 fully saturated rings. The van der Waals surface area contributed by atoms with Gasteiger partial charge in [0.1, 0.15) is 0 Å². The van der Waals surface area contributed by atoms with Crippen LogP contribution in [-0.4, -0.2) is 71.3 Å². The van der Waals surface area contributed by atoms with Crippen LogP contribution in [0.1, 0.15) is 11.4 Å². The second-order valence-corrected chi connectivity index (χ2v) is 12.0. The third kappa shape index (κ3) is 7.53. The number of hydrogen-bond donors (Lipinski definition) is 7. The van der Waals surface area contributed by atoms with Crippen molar-refractivity contribution in [2.75, 3.05) is 0 Å². The summed E-state index contributed by atoms with van der Waals surface area (Å²) < 4.78 is 64.5. The zero-order valence-electron chi connectivity index (χ0n) is 26.8. The normalized spacial score (nSPS) is 18.8. The van der Waals surface area contributed by atoms with E-state index < -0.39 is 35.6 Å². The minimum atomic E-state index is -5.08. The molecule has 8 rings (SSSR count). The van der Waals surface area contributed by atoms with Crippen molar-refractivity contribution in [3.05, 3.63) is 109 Å². The Labute approximate surface area is 302 Å². The van der Waals surface area contributed by atoms with Crippen molar-refractivity contribution in [3.63, 3.8) is 0 Å². The van der Waals surface area contributed by atoms with Crippen molar-refractivity contribution in [1.29, 1.82) is 0 Å². The number of halogens is 6. The molecule has 6 heterocycles. The van der Waals surface area contributed by atoms with Gasteiger partial charge in [-0.1, -0.05) is 47.7 Å². The Morgan fingerprint density at radius 1 is 0.630 bits per heavy atom. The number of aliphatic imine (C=N–C) groups is 2. The molecule has 2 atom stereocenters. The predicted octanol–water partition coefficient (Wildman–Crippen LogP) is 5.00. The average molecular weight is 772 g/mol. The minimum Gasteiger partial charge on any atom is -0.475 e. The molecule has 4 aromatic heterocycles. The molecule has 0 saturated carbocycles. The van der Waals surface area contributed by atoms with Crippen LogP contribution in [0, 0.1) is 0 Å². The first-order valence-electron chi connectivity index (χ1n) is 15.1. The lowest BCUT2D eigenvalue weighted by atomic mass is 9.88. The molecule has 54 heavy (non-hydrogen) atoms. The zero-order valence-corrected chi connectivity index (χ0v) is 27.6. The van der Waals surface area contributed by atoms with Crippen LogP contribution in [0.2, 0.25) is 0 Å². The van der Waals surface area contributed by atoms with Crippen LogP contribution in [0.15, 0.2) is 107 Å². The Kier molecular flexibility index (Phi) is 9.78. The third-order valence-corrected chi connectivity index (χ3v) is 8.38. The van der Waals surface area contributed by atoms with E-state index in [9.17, 15) is 26.3 Å². The Bertz CT molecular complexity index is 2120. The van der Waals surface area contributed by atoms with Crippen molar-refractivity contribution in [1.82, 2.24) is 46.2 Å². The molecule has 7 N–H and O–H groups in total. The maximum atomic E-state index is 10.6. The lowest BCUT2D eigenvalue weighted by molar-refractivity contribution is -0.193. The summed E-state index contributed by atoms with van der Waals surface area (Å²) in [5.41, 5.74) is 1.96. The van der Waals surface area contributed by atoms with Gasteiger partial charge in [-0.05, 0) is 48.5 Å². The summed E-state index contributed by atoms with van der Waals surface area (Å²) in [5, 5.41) is 29.1. The lowest BCUT2D eigenvalue weighted by Gasteiger charge is -2.36. The highest BCUT2D eigenvalue weighted by molar-refractivity contribution is 7.22. The summed E-state index contributed by atoms with van der Waals surface area (Å²) in [6.07, 6.45) is -6.65. The quantitative estimate of drug-likeness (QED) is 0.118. The Hall–Kier alpha value is -6.84. The van der Waals surface area contributed by atoms with Crippen molar-refractivity contribution in [2.24, 2.45) is 9.98 Å². The maximum Gasteiger partial charge on any atom is 0.490 e. The Balaban J connectivity index is 0.000000304. The molecule has 2 unspecified atom stereocenters. The number of alkyl halides is 6. The molecular weight excluding hydrogens is 748 g/mol. The SMILES string of the molecule is O=C(O)C(F)(F)F.O=C(O)C(F)(F)F.c1ccc(C23NC(=Nc4nc5ccccc5[nH]4)NC2(c2ccccn2)NC(=Nc2nc4ccccc4s2)N3)nc1. The number of H-pyrrole nitrogens is 1. The highest BCUT2D eigenvalue weighted by atomic mass is 32.1. The van der Waals surface area contributed by atoms with E-state index in [1.54, 1.807) is 12.4 Å².